The summed E-state index contributed by atoms with van der Waals surface area (Å²) in [6, 6.07) is 12.1. The highest BCUT2D eigenvalue weighted by Gasteiger charge is 2.41. The lowest BCUT2D eigenvalue weighted by Crippen LogP contribution is -2.27. The van der Waals surface area contributed by atoms with Gasteiger partial charge in [-0.15, -0.1) is 0 Å². The van der Waals surface area contributed by atoms with Crippen molar-refractivity contribution in [3.63, 3.8) is 0 Å². The minimum absolute atomic E-state index is 0.0571. The Hall–Kier alpha value is -2.29. The van der Waals surface area contributed by atoms with Crippen LogP contribution in [0.3, 0.4) is 0 Å². The van der Waals surface area contributed by atoms with Crippen molar-refractivity contribution in [2.75, 3.05) is 14.2 Å². The van der Waals surface area contributed by atoms with Crippen LogP contribution in [-0.4, -0.2) is 20.0 Å². The van der Waals surface area contributed by atoms with Gasteiger partial charge in [0.15, 0.2) is 5.78 Å². The van der Waals surface area contributed by atoms with E-state index in [4.69, 9.17) is 9.47 Å². The fourth-order valence-electron chi connectivity index (χ4n) is 3.90. The number of carbonyl (C=O) groups is 1. The summed E-state index contributed by atoms with van der Waals surface area (Å²) < 4.78 is 10.6. The van der Waals surface area contributed by atoms with Gasteiger partial charge in [-0.3, -0.25) is 4.79 Å². The van der Waals surface area contributed by atoms with Gasteiger partial charge in [-0.05, 0) is 59.7 Å². The first-order chi connectivity index (χ1) is 10.7. The topological polar surface area (TPSA) is 35.5 Å². The highest BCUT2D eigenvalue weighted by atomic mass is 16.5. The smallest absolute Gasteiger partial charge is 0.167 e. The number of benzene rings is 2. The number of Topliss-reactive ketones (excluding diaryl/α,β-unsaturated/α-hetero) is 1. The number of hydrogen-bond acceptors (Lipinski definition) is 3. The summed E-state index contributed by atoms with van der Waals surface area (Å²) in [5.74, 6) is 2.23. The summed E-state index contributed by atoms with van der Waals surface area (Å²) >= 11 is 0. The maximum Gasteiger partial charge on any atom is 0.167 e. The molecule has 0 saturated carbocycles. The normalized spacial score (nSPS) is 21.8. The molecule has 0 heterocycles. The van der Waals surface area contributed by atoms with Crippen molar-refractivity contribution < 1.29 is 14.3 Å². The van der Waals surface area contributed by atoms with Gasteiger partial charge in [0.2, 0.25) is 0 Å². The van der Waals surface area contributed by atoms with Crippen LogP contribution in [0.25, 0.3) is 0 Å². The summed E-state index contributed by atoms with van der Waals surface area (Å²) in [5, 5.41) is 0. The van der Waals surface area contributed by atoms with E-state index < -0.39 is 0 Å². The molecule has 2 aromatic rings. The van der Waals surface area contributed by atoms with E-state index in [9.17, 15) is 4.79 Å². The maximum absolute atomic E-state index is 12.9. The number of carbonyl (C=O) groups excluding carboxylic acids is 1. The van der Waals surface area contributed by atoms with Crippen LogP contribution in [0, 0.1) is 5.92 Å². The summed E-state index contributed by atoms with van der Waals surface area (Å²) in [7, 11) is 3.31. The van der Waals surface area contributed by atoms with Gasteiger partial charge >= 0.3 is 0 Å². The fourth-order valence-corrected chi connectivity index (χ4v) is 3.90. The predicted molar refractivity (Wildman–Crippen MR) is 84.0 cm³/mol. The molecule has 0 saturated heterocycles. The van der Waals surface area contributed by atoms with Crippen LogP contribution in [0.15, 0.2) is 36.4 Å². The van der Waals surface area contributed by atoms with Gasteiger partial charge in [-0.2, -0.15) is 0 Å². The molecular formula is C19H18O3. The van der Waals surface area contributed by atoms with Gasteiger partial charge in [0.25, 0.3) is 0 Å². The van der Waals surface area contributed by atoms with Crippen LogP contribution in [0.2, 0.25) is 0 Å². The molecule has 2 unspecified atom stereocenters. The van der Waals surface area contributed by atoms with Crippen molar-refractivity contribution >= 4 is 5.78 Å². The molecule has 2 aliphatic rings. The van der Waals surface area contributed by atoms with E-state index in [1.165, 1.54) is 11.1 Å². The number of ketones is 1. The first-order valence-electron chi connectivity index (χ1n) is 7.59. The van der Waals surface area contributed by atoms with Crippen molar-refractivity contribution in [3.05, 3.63) is 58.7 Å². The van der Waals surface area contributed by atoms with Crippen LogP contribution in [-0.2, 0) is 12.8 Å². The zero-order valence-corrected chi connectivity index (χ0v) is 12.8. The molecule has 0 radical (unpaired) electrons. The number of rotatable bonds is 2. The maximum atomic E-state index is 12.9. The van der Waals surface area contributed by atoms with E-state index in [0.29, 0.717) is 5.92 Å². The number of hydrogen-bond donors (Lipinski definition) is 0. The van der Waals surface area contributed by atoms with Crippen molar-refractivity contribution in [1.29, 1.82) is 0 Å². The van der Waals surface area contributed by atoms with Crippen molar-refractivity contribution in [2.24, 2.45) is 5.92 Å². The second kappa shape index (κ2) is 4.87. The molecule has 2 aromatic carbocycles. The van der Waals surface area contributed by atoms with E-state index in [1.54, 1.807) is 14.2 Å². The minimum atomic E-state index is 0.0571. The molecule has 22 heavy (non-hydrogen) atoms. The van der Waals surface area contributed by atoms with E-state index >= 15 is 0 Å². The molecule has 0 N–H and O–H groups in total. The third-order valence-corrected chi connectivity index (χ3v) is 5.03. The highest BCUT2D eigenvalue weighted by Crippen LogP contribution is 2.46. The Balaban J connectivity index is 1.76. The number of methoxy groups -OCH3 is 2. The average Bonchev–Trinajstić information content (AvgIpc) is 2.92. The standard InChI is InChI=1S/C19H18O3/c1-21-13-5-6-15-12(7-13)9-18-17(15)8-11-3-4-14(22-2)10-16(11)19(18)20/h3-7,10,17-18H,8-9H2,1-2H3. The zero-order valence-electron chi connectivity index (χ0n) is 12.8. The van der Waals surface area contributed by atoms with Crippen molar-refractivity contribution in [1.82, 2.24) is 0 Å². The third-order valence-electron chi connectivity index (χ3n) is 5.03. The van der Waals surface area contributed by atoms with Gasteiger partial charge in [0.1, 0.15) is 11.5 Å². The van der Waals surface area contributed by atoms with Crippen LogP contribution >= 0.6 is 0 Å². The lowest BCUT2D eigenvalue weighted by molar-refractivity contribution is 0.0894. The summed E-state index contributed by atoms with van der Waals surface area (Å²) in [4.78, 5) is 12.9. The largest absolute Gasteiger partial charge is 0.497 e. The molecule has 112 valence electrons. The Kier molecular flexibility index (Phi) is 2.96. The molecular weight excluding hydrogens is 276 g/mol. The summed E-state index contributed by atoms with van der Waals surface area (Å²) in [5.41, 5.74) is 4.53. The molecule has 0 aromatic heterocycles. The Morgan fingerprint density at radius 1 is 0.864 bits per heavy atom. The first-order valence-corrected chi connectivity index (χ1v) is 7.59. The van der Waals surface area contributed by atoms with Crippen molar-refractivity contribution in [3.8, 4) is 11.5 Å². The SMILES string of the molecule is COc1ccc2c(c1)CC1C(=O)c3cc(OC)ccc3CC21. The summed E-state index contributed by atoms with van der Waals surface area (Å²) in [6.45, 7) is 0. The Bertz CT molecular complexity index is 763. The number of fused-ring (bicyclic) bond motifs is 4. The van der Waals surface area contributed by atoms with Crippen LogP contribution < -0.4 is 9.47 Å². The molecule has 0 fully saturated rings. The van der Waals surface area contributed by atoms with E-state index in [1.807, 2.05) is 24.3 Å². The third kappa shape index (κ3) is 1.85. The molecule has 4 rings (SSSR count). The molecule has 0 bridgehead atoms. The monoisotopic (exact) mass is 294 g/mol. The highest BCUT2D eigenvalue weighted by molar-refractivity contribution is 6.02. The Morgan fingerprint density at radius 3 is 2.32 bits per heavy atom. The number of ether oxygens (including phenoxy) is 2. The molecule has 0 aliphatic heterocycles. The van der Waals surface area contributed by atoms with Gasteiger partial charge in [0.05, 0.1) is 14.2 Å². The van der Waals surface area contributed by atoms with E-state index in [0.717, 1.165) is 35.5 Å². The lowest BCUT2D eigenvalue weighted by Gasteiger charge is -2.27. The van der Waals surface area contributed by atoms with Gasteiger partial charge < -0.3 is 9.47 Å². The Morgan fingerprint density at radius 2 is 1.55 bits per heavy atom. The van der Waals surface area contributed by atoms with Crippen LogP contribution in [0.5, 0.6) is 11.5 Å². The molecule has 2 atom stereocenters. The van der Waals surface area contributed by atoms with Gasteiger partial charge in [-0.1, -0.05) is 12.1 Å². The summed E-state index contributed by atoms with van der Waals surface area (Å²) in [6.07, 6.45) is 1.74. The van der Waals surface area contributed by atoms with Crippen molar-refractivity contribution in [2.45, 2.75) is 18.8 Å². The average molecular weight is 294 g/mol. The minimum Gasteiger partial charge on any atom is -0.497 e. The Labute approximate surface area is 129 Å². The fraction of sp³-hybridized carbons (Fsp3) is 0.316. The predicted octanol–water partition coefficient (Wildman–Crippen LogP) is 3.40. The van der Waals surface area contributed by atoms with Gasteiger partial charge in [-0.25, -0.2) is 0 Å². The molecule has 3 heteroatoms. The molecule has 0 amide bonds. The lowest BCUT2D eigenvalue weighted by atomic mass is 9.75. The zero-order chi connectivity index (χ0) is 15.3. The molecule has 0 spiro atoms. The quantitative estimate of drug-likeness (QED) is 0.851. The van der Waals surface area contributed by atoms with Gasteiger partial charge in [0, 0.05) is 11.5 Å². The molecule has 2 aliphatic carbocycles. The second-order valence-electron chi connectivity index (χ2n) is 6.07. The van der Waals surface area contributed by atoms with E-state index in [2.05, 4.69) is 12.1 Å². The van der Waals surface area contributed by atoms with E-state index in [-0.39, 0.29) is 11.7 Å². The van der Waals surface area contributed by atoms with Crippen LogP contribution in [0.1, 0.15) is 33.0 Å². The molecule has 3 nitrogen and oxygen atoms in total. The second-order valence-corrected chi connectivity index (χ2v) is 6.07. The van der Waals surface area contributed by atoms with Crippen LogP contribution in [0.4, 0.5) is 0 Å². The first kappa shape index (κ1) is 13.4.